The van der Waals surface area contributed by atoms with E-state index in [0.717, 1.165) is 5.56 Å². The second-order valence-electron chi connectivity index (χ2n) is 6.09. The lowest BCUT2D eigenvalue weighted by Gasteiger charge is -2.10. The van der Waals surface area contributed by atoms with Gasteiger partial charge in [-0.05, 0) is 24.3 Å². The Morgan fingerprint density at radius 1 is 1.10 bits per heavy atom. The van der Waals surface area contributed by atoms with Crippen molar-refractivity contribution in [3.8, 4) is 17.1 Å². The number of aromatic nitrogens is 6. The molecule has 2 heterocycles. The van der Waals surface area contributed by atoms with Crippen molar-refractivity contribution in [2.75, 3.05) is 7.11 Å². The van der Waals surface area contributed by atoms with Crippen LogP contribution in [0, 0.1) is 0 Å². The first kappa shape index (κ1) is 18.9. The summed E-state index contributed by atoms with van der Waals surface area (Å²) in [6.07, 6.45) is 1.77. The molecule has 146 valence electrons. The van der Waals surface area contributed by atoms with Gasteiger partial charge in [-0.3, -0.25) is 9.36 Å². The zero-order valence-corrected chi connectivity index (χ0v) is 16.5. The molecule has 0 spiro atoms. The molecule has 4 rings (SSSR count). The summed E-state index contributed by atoms with van der Waals surface area (Å²) in [7, 11) is 1.62. The van der Waals surface area contributed by atoms with Gasteiger partial charge in [0.2, 0.25) is 0 Å². The summed E-state index contributed by atoms with van der Waals surface area (Å²) < 4.78 is 8.70. The van der Waals surface area contributed by atoms with Crippen LogP contribution in [0.1, 0.15) is 0 Å². The third-order valence-corrected chi connectivity index (χ3v) is 5.26. The first-order chi connectivity index (χ1) is 14.2. The Balaban J connectivity index is 1.66. The fourth-order valence-corrected chi connectivity index (χ4v) is 3.77. The molecule has 0 radical (unpaired) electrons. The van der Waals surface area contributed by atoms with Crippen LogP contribution in [0.4, 0.5) is 0 Å². The highest BCUT2D eigenvalue weighted by Gasteiger charge is 2.17. The number of fused-ring (bicyclic) bond motifs is 1. The van der Waals surface area contributed by atoms with Gasteiger partial charge in [0.25, 0.3) is 5.56 Å². The van der Waals surface area contributed by atoms with E-state index in [2.05, 4.69) is 27.1 Å². The number of methoxy groups -OCH3 is 1. The van der Waals surface area contributed by atoms with Crippen molar-refractivity contribution in [2.45, 2.75) is 17.6 Å². The molecular formula is C20H18N6O2S. The van der Waals surface area contributed by atoms with Gasteiger partial charge in [-0.15, -0.1) is 21.9 Å². The summed E-state index contributed by atoms with van der Waals surface area (Å²) in [6, 6.07) is 14.8. The SMILES string of the molecule is C=CCn1c(SCn2nnc3ccccc3c2=O)nnc1-c1ccccc1OC. The Bertz CT molecular complexity index is 1230. The molecule has 0 saturated heterocycles. The number of thioether (sulfide) groups is 1. The number of hydrogen-bond donors (Lipinski definition) is 0. The van der Waals surface area contributed by atoms with Crippen molar-refractivity contribution in [3.05, 3.63) is 71.5 Å². The minimum Gasteiger partial charge on any atom is -0.496 e. The van der Waals surface area contributed by atoms with Crippen LogP contribution in [0.2, 0.25) is 0 Å². The van der Waals surface area contributed by atoms with Gasteiger partial charge in [0.1, 0.15) is 11.3 Å². The van der Waals surface area contributed by atoms with Crippen molar-refractivity contribution in [1.82, 2.24) is 29.8 Å². The Kier molecular flexibility index (Phi) is 5.39. The fourth-order valence-electron chi connectivity index (χ4n) is 2.94. The summed E-state index contributed by atoms with van der Waals surface area (Å²) in [6.45, 7) is 4.34. The zero-order chi connectivity index (χ0) is 20.2. The van der Waals surface area contributed by atoms with Gasteiger partial charge in [0.05, 0.1) is 23.9 Å². The van der Waals surface area contributed by atoms with E-state index in [0.29, 0.717) is 34.2 Å². The standard InChI is InChI=1S/C20H18N6O2S/c1-3-12-25-18(15-9-5-7-11-17(15)28-2)22-23-20(25)29-13-26-19(27)14-8-4-6-10-16(14)21-24-26/h3-11H,1,12-13H2,2H3. The van der Waals surface area contributed by atoms with E-state index in [1.165, 1.54) is 16.4 Å². The molecule has 2 aromatic heterocycles. The van der Waals surface area contributed by atoms with E-state index in [9.17, 15) is 4.79 Å². The molecular weight excluding hydrogens is 388 g/mol. The fraction of sp³-hybridized carbons (Fsp3) is 0.150. The number of rotatable bonds is 7. The van der Waals surface area contributed by atoms with Gasteiger partial charge in [-0.25, -0.2) is 0 Å². The normalized spacial score (nSPS) is 10.9. The Labute approximate surface area is 170 Å². The predicted octanol–water partition coefficient (Wildman–Crippen LogP) is 2.99. The third-order valence-electron chi connectivity index (χ3n) is 4.32. The average molecular weight is 406 g/mol. The van der Waals surface area contributed by atoms with Gasteiger partial charge in [0.15, 0.2) is 11.0 Å². The van der Waals surface area contributed by atoms with Gasteiger partial charge < -0.3 is 4.74 Å². The molecule has 0 aliphatic heterocycles. The molecule has 0 N–H and O–H groups in total. The van der Waals surface area contributed by atoms with E-state index in [-0.39, 0.29) is 11.4 Å². The molecule has 0 bridgehead atoms. The van der Waals surface area contributed by atoms with Crippen LogP contribution < -0.4 is 10.3 Å². The Morgan fingerprint density at radius 3 is 2.72 bits per heavy atom. The number of nitrogens with zero attached hydrogens (tertiary/aromatic N) is 6. The van der Waals surface area contributed by atoms with Crippen LogP contribution in [0.25, 0.3) is 22.3 Å². The summed E-state index contributed by atoms with van der Waals surface area (Å²) in [5.74, 6) is 1.64. The summed E-state index contributed by atoms with van der Waals surface area (Å²) in [5, 5.41) is 18.0. The van der Waals surface area contributed by atoms with Crippen LogP contribution in [-0.2, 0) is 12.4 Å². The number of hydrogen-bond acceptors (Lipinski definition) is 7. The minimum atomic E-state index is -0.192. The quantitative estimate of drug-likeness (QED) is 0.344. The predicted molar refractivity (Wildman–Crippen MR) is 112 cm³/mol. The summed E-state index contributed by atoms with van der Waals surface area (Å²) in [5.41, 5.74) is 1.22. The smallest absolute Gasteiger partial charge is 0.278 e. The molecule has 4 aromatic rings. The van der Waals surface area contributed by atoms with Crippen LogP contribution in [0.5, 0.6) is 5.75 Å². The first-order valence-corrected chi connectivity index (χ1v) is 9.84. The van der Waals surface area contributed by atoms with Crippen molar-refractivity contribution in [3.63, 3.8) is 0 Å². The minimum absolute atomic E-state index is 0.192. The van der Waals surface area contributed by atoms with Crippen LogP contribution in [0.3, 0.4) is 0 Å². The molecule has 0 atom stereocenters. The van der Waals surface area contributed by atoms with Crippen LogP contribution >= 0.6 is 11.8 Å². The number of benzene rings is 2. The zero-order valence-electron chi connectivity index (χ0n) is 15.7. The van der Waals surface area contributed by atoms with Crippen molar-refractivity contribution in [1.29, 1.82) is 0 Å². The topological polar surface area (TPSA) is 87.7 Å². The van der Waals surface area contributed by atoms with Crippen molar-refractivity contribution >= 4 is 22.7 Å². The maximum atomic E-state index is 12.6. The van der Waals surface area contributed by atoms with Gasteiger partial charge in [-0.1, -0.05) is 47.3 Å². The van der Waals surface area contributed by atoms with E-state index in [1.807, 2.05) is 41.0 Å². The molecule has 0 saturated carbocycles. The Morgan fingerprint density at radius 2 is 1.90 bits per heavy atom. The lowest BCUT2D eigenvalue weighted by atomic mass is 10.2. The molecule has 0 aliphatic carbocycles. The van der Waals surface area contributed by atoms with Crippen molar-refractivity contribution in [2.24, 2.45) is 0 Å². The molecule has 8 nitrogen and oxygen atoms in total. The molecule has 29 heavy (non-hydrogen) atoms. The largest absolute Gasteiger partial charge is 0.496 e. The molecule has 0 amide bonds. The molecule has 2 aromatic carbocycles. The molecule has 9 heteroatoms. The molecule has 0 fully saturated rings. The van der Waals surface area contributed by atoms with Crippen LogP contribution in [-0.4, -0.2) is 36.9 Å². The van der Waals surface area contributed by atoms with Gasteiger partial charge in [-0.2, -0.15) is 4.68 Å². The van der Waals surface area contributed by atoms with E-state index >= 15 is 0 Å². The molecule has 0 unspecified atom stereocenters. The molecule has 0 aliphatic rings. The average Bonchev–Trinajstić information content (AvgIpc) is 3.16. The highest BCUT2D eigenvalue weighted by Crippen LogP contribution is 2.31. The van der Waals surface area contributed by atoms with E-state index < -0.39 is 0 Å². The van der Waals surface area contributed by atoms with E-state index in [1.54, 1.807) is 25.3 Å². The van der Waals surface area contributed by atoms with Gasteiger partial charge >= 0.3 is 0 Å². The third kappa shape index (κ3) is 3.64. The number of allylic oxidation sites excluding steroid dienone is 1. The maximum absolute atomic E-state index is 12.6. The number of ether oxygens (including phenoxy) is 1. The second-order valence-corrected chi connectivity index (χ2v) is 7.00. The van der Waals surface area contributed by atoms with E-state index in [4.69, 9.17) is 4.74 Å². The Hall–Kier alpha value is -3.46. The van der Waals surface area contributed by atoms with Crippen molar-refractivity contribution < 1.29 is 4.74 Å². The summed E-state index contributed by atoms with van der Waals surface area (Å²) >= 11 is 1.35. The number of para-hydroxylation sites is 1. The monoisotopic (exact) mass is 406 g/mol. The van der Waals surface area contributed by atoms with Crippen LogP contribution in [0.15, 0.2) is 71.1 Å². The second kappa shape index (κ2) is 8.27. The lowest BCUT2D eigenvalue weighted by Crippen LogP contribution is -2.23. The maximum Gasteiger partial charge on any atom is 0.278 e. The summed E-state index contributed by atoms with van der Waals surface area (Å²) in [4.78, 5) is 12.6. The first-order valence-electron chi connectivity index (χ1n) is 8.85. The lowest BCUT2D eigenvalue weighted by molar-refractivity contribution is 0.416. The highest BCUT2D eigenvalue weighted by molar-refractivity contribution is 7.98. The highest BCUT2D eigenvalue weighted by atomic mass is 32.2. The van der Waals surface area contributed by atoms with Gasteiger partial charge in [0, 0.05) is 6.54 Å².